The van der Waals surface area contributed by atoms with Gasteiger partial charge < -0.3 is 10.6 Å². The van der Waals surface area contributed by atoms with Gasteiger partial charge in [-0.05, 0) is 25.0 Å². The molecule has 4 nitrogen and oxygen atoms in total. The van der Waals surface area contributed by atoms with Crippen LogP contribution in [0.5, 0.6) is 0 Å². The Morgan fingerprint density at radius 1 is 1.30 bits per heavy atom. The molecule has 0 aromatic heterocycles. The third kappa shape index (κ3) is 4.63. The largest absolute Gasteiger partial charge is 0.355 e. The molecule has 0 amide bonds. The minimum Gasteiger partial charge on any atom is -0.355 e. The van der Waals surface area contributed by atoms with Crippen molar-refractivity contribution in [1.29, 1.82) is 0 Å². The summed E-state index contributed by atoms with van der Waals surface area (Å²) in [6, 6.07) is 10.1. The minimum absolute atomic E-state index is 0.542. The topological polar surface area (TPSA) is 53.5 Å². The third-order valence-electron chi connectivity index (χ3n) is 3.51. The predicted molar refractivity (Wildman–Crippen MR) is 84.5 cm³/mol. The fourth-order valence-corrected chi connectivity index (χ4v) is 3.39. The first-order valence-electron chi connectivity index (χ1n) is 7.20. The van der Waals surface area contributed by atoms with E-state index in [9.17, 15) is 4.21 Å². The van der Waals surface area contributed by atoms with Gasteiger partial charge in [-0.15, -0.1) is 0 Å². The highest BCUT2D eigenvalue weighted by Crippen LogP contribution is 2.17. The third-order valence-corrected chi connectivity index (χ3v) is 4.88. The van der Waals surface area contributed by atoms with E-state index in [0.29, 0.717) is 18.3 Å². The molecule has 1 fully saturated rings. The van der Waals surface area contributed by atoms with E-state index in [-0.39, 0.29) is 0 Å². The summed E-state index contributed by atoms with van der Waals surface area (Å²) >= 11 is 0. The van der Waals surface area contributed by atoms with Crippen LogP contribution in [0.3, 0.4) is 0 Å². The van der Waals surface area contributed by atoms with E-state index in [2.05, 4.69) is 15.6 Å². The van der Waals surface area contributed by atoms with Crippen molar-refractivity contribution in [2.75, 3.05) is 19.3 Å². The lowest BCUT2D eigenvalue weighted by atomic mass is 10.2. The van der Waals surface area contributed by atoms with E-state index in [1.807, 2.05) is 30.3 Å². The maximum Gasteiger partial charge on any atom is 0.191 e. The van der Waals surface area contributed by atoms with Gasteiger partial charge in [-0.2, -0.15) is 0 Å². The Bertz CT molecular complexity index is 455. The number of aliphatic imine (C=N–C) groups is 1. The number of nitrogens with one attached hydrogen (secondary N) is 2. The van der Waals surface area contributed by atoms with Crippen LogP contribution in [0.2, 0.25) is 0 Å². The summed E-state index contributed by atoms with van der Waals surface area (Å²) in [4.78, 5) is 5.10. The lowest BCUT2D eigenvalue weighted by Crippen LogP contribution is -2.43. The van der Waals surface area contributed by atoms with Crippen molar-refractivity contribution in [1.82, 2.24) is 10.6 Å². The van der Waals surface area contributed by atoms with Gasteiger partial charge in [0.15, 0.2) is 5.96 Å². The Hall–Kier alpha value is -1.36. The molecule has 1 aromatic rings. The van der Waals surface area contributed by atoms with Gasteiger partial charge in [0.25, 0.3) is 0 Å². The highest BCUT2D eigenvalue weighted by Gasteiger charge is 2.15. The molecule has 0 bridgehead atoms. The Kier molecular flexibility index (Phi) is 6.05. The van der Waals surface area contributed by atoms with Crippen LogP contribution in [0.1, 0.15) is 25.7 Å². The van der Waals surface area contributed by atoms with Crippen molar-refractivity contribution in [3.63, 3.8) is 0 Å². The van der Waals surface area contributed by atoms with Crippen LogP contribution in [0, 0.1) is 0 Å². The molecule has 1 aromatic carbocycles. The van der Waals surface area contributed by atoms with E-state index in [4.69, 9.17) is 0 Å². The Morgan fingerprint density at radius 2 is 2.00 bits per heavy atom. The van der Waals surface area contributed by atoms with E-state index < -0.39 is 10.8 Å². The zero-order valence-electron chi connectivity index (χ0n) is 12.0. The zero-order chi connectivity index (χ0) is 14.2. The summed E-state index contributed by atoms with van der Waals surface area (Å²) in [7, 11) is 0.825. The lowest BCUT2D eigenvalue weighted by molar-refractivity contribution is 0.615. The summed E-state index contributed by atoms with van der Waals surface area (Å²) in [5.74, 6) is 1.41. The second-order valence-corrected chi connectivity index (χ2v) is 6.56. The van der Waals surface area contributed by atoms with Gasteiger partial charge in [-0.25, -0.2) is 0 Å². The monoisotopic (exact) mass is 293 g/mol. The molecule has 1 unspecified atom stereocenters. The number of rotatable bonds is 5. The summed E-state index contributed by atoms with van der Waals surface area (Å²) in [6.07, 6.45) is 5.03. The van der Waals surface area contributed by atoms with Gasteiger partial charge in [0, 0.05) is 30.3 Å². The van der Waals surface area contributed by atoms with Crippen LogP contribution in [-0.4, -0.2) is 35.6 Å². The van der Waals surface area contributed by atoms with Gasteiger partial charge >= 0.3 is 0 Å². The summed E-state index contributed by atoms with van der Waals surface area (Å²) < 4.78 is 12.1. The first-order chi connectivity index (χ1) is 9.79. The van der Waals surface area contributed by atoms with Crippen LogP contribution in [0.25, 0.3) is 0 Å². The highest BCUT2D eigenvalue weighted by atomic mass is 32.2. The van der Waals surface area contributed by atoms with Crippen molar-refractivity contribution >= 4 is 16.8 Å². The molecule has 0 spiro atoms. The van der Waals surface area contributed by atoms with Crippen molar-refractivity contribution in [3.05, 3.63) is 30.3 Å². The van der Waals surface area contributed by atoms with E-state index >= 15 is 0 Å². The molecule has 0 aliphatic heterocycles. The van der Waals surface area contributed by atoms with E-state index in [1.165, 1.54) is 25.7 Å². The molecule has 1 aliphatic rings. The SMILES string of the molecule is CN=C(NCCS(=O)c1ccccc1)NC1CCCC1. The van der Waals surface area contributed by atoms with Gasteiger partial charge in [-0.3, -0.25) is 9.20 Å². The van der Waals surface area contributed by atoms with Gasteiger partial charge in [0.05, 0.1) is 10.8 Å². The molecule has 2 rings (SSSR count). The summed E-state index contributed by atoms with van der Waals surface area (Å²) in [5, 5.41) is 6.66. The summed E-state index contributed by atoms with van der Waals surface area (Å²) in [6.45, 7) is 0.661. The smallest absolute Gasteiger partial charge is 0.191 e. The molecular weight excluding hydrogens is 270 g/mol. The Labute approximate surface area is 123 Å². The number of nitrogens with zero attached hydrogens (tertiary/aromatic N) is 1. The highest BCUT2D eigenvalue weighted by molar-refractivity contribution is 7.85. The Balaban J connectivity index is 1.72. The number of hydrogen-bond donors (Lipinski definition) is 2. The average molecular weight is 293 g/mol. The molecular formula is C15H23N3OS. The van der Waals surface area contributed by atoms with E-state index in [0.717, 1.165) is 10.9 Å². The molecule has 0 heterocycles. The number of guanidine groups is 1. The standard InChI is InChI=1S/C15H23N3OS/c1-16-15(18-13-7-5-6-8-13)17-11-12-20(19)14-9-3-2-4-10-14/h2-4,9-10,13H,5-8,11-12H2,1H3,(H2,16,17,18). The summed E-state index contributed by atoms with van der Waals surface area (Å²) in [5.41, 5.74) is 0. The second kappa shape index (κ2) is 8.04. The van der Waals surface area contributed by atoms with Crippen molar-refractivity contribution < 1.29 is 4.21 Å². The minimum atomic E-state index is -0.951. The maximum atomic E-state index is 12.1. The maximum absolute atomic E-state index is 12.1. The van der Waals surface area contributed by atoms with Crippen LogP contribution in [0.4, 0.5) is 0 Å². The zero-order valence-corrected chi connectivity index (χ0v) is 12.8. The van der Waals surface area contributed by atoms with Crippen LogP contribution < -0.4 is 10.6 Å². The normalized spacial score (nSPS) is 17.9. The number of hydrogen-bond acceptors (Lipinski definition) is 2. The molecule has 1 saturated carbocycles. The van der Waals surface area contributed by atoms with Gasteiger partial charge in [0.1, 0.15) is 0 Å². The number of benzene rings is 1. The fraction of sp³-hybridized carbons (Fsp3) is 0.533. The molecule has 110 valence electrons. The molecule has 0 saturated heterocycles. The Morgan fingerprint density at radius 3 is 2.65 bits per heavy atom. The lowest BCUT2D eigenvalue weighted by Gasteiger charge is -2.16. The van der Waals surface area contributed by atoms with Crippen LogP contribution in [-0.2, 0) is 10.8 Å². The van der Waals surface area contributed by atoms with Crippen molar-refractivity contribution in [2.45, 2.75) is 36.6 Å². The molecule has 1 atom stereocenters. The molecule has 0 radical (unpaired) electrons. The van der Waals surface area contributed by atoms with Crippen molar-refractivity contribution in [3.8, 4) is 0 Å². The van der Waals surface area contributed by atoms with Crippen LogP contribution >= 0.6 is 0 Å². The predicted octanol–water partition coefficient (Wildman–Crippen LogP) is 1.90. The van der Waals surface area contributed by atoms with Crippen LogP contribution in [0.15, 0.2) is 40.2 Å². The van der Waals surface area contributed by atoms with Gasteiger partial charge in [0.2, 0.25) is 0 Å². The quantitative estimate of drug-likeness (QED) is 0.644. The van der Waals surface area contributed by atoms with Gasteiger partial charge in [-0.1, -0.05) is 31.0 Å². The first-order valence-corrected chi connectivity index (χ1v) is 8.52. The average Bonchev–Trinajstić information content (AvgIpc) is 3.00. The van der Waals surface area contributed by atoms with Crippen molar-refractivity contribution in [2.24, 2.45) is 4.99 Å². The molecule has 20 heavy (non-hydrogen) atoms. The molecule has 1 aliphatic carbocycles. The first kappa shape index (κ1) is 15.0. The molecule has 2 N–H and O–H groups in total. The van der Waals surface area contributed by atoms with E-state index in [1.54, 1.807) is 7.05 Å². The molecule has 5 heteroatoms. The fourth-order valence-electron chi connectivity index (χ4n) is 2.41. The second-order valence-electron chi connectivity index (χ2n) is 4.99.